The first-order valence-electron chi connectivity index (χ1n) is 6.33. The Morgan fingerprint density at radius 3 is 2.94 bits per heavy atom. The molecule has 0 aromatic carbocycles. The highest BCUT2D eigenvalue weighted by Gasteiger charge is 2.37. The third-order valence-electron chi connectivity index (χ3n) is 3.99. The third kappa shape index (κ3) is 2.78. The standard InChI is InChI=1S/C12H22N2O3/c1-16-12(5-6-17-8-12)7-14-11(15)9-3-2-4-10(9)13/h9-10H,2-8,13H2,1H3,(H,14,15). The van der Waals surface area contributed by atoms with Gasteiger partial charge in [-0.15, -0.1) is 0 Å². The van der Waals surface area contributed by atoms with Crippen LogP contribution in [0, 0.1) is 5.92 Å². The zero-order valence-corrected chi connectivity index (χ0v) is 10.4. The fourth-order valence-electron chi connectivity index (χ4n) is 2.65. The van der Waals surface area contributed by atoms with Gasteiger partial charge in [0.25, 0.3) is 0 Å². The van der Waals surface area contributed by atoms with E-state index in [4.69, 9.17) is 15.2 Å². The van der Waals surface area contributed by atoms with Crippen molar-refractivity contribution in [3.8, 4) is 0 Å². The van der Waals surface area contributed by atoms with Crippen LogP contribution in [0.2, 0.25) is 0 Å². The largest absolute Gasteiger partial charge is 0.378 e. The third-order valence-corrected chi connectivity index (χ3v) is 3.99. The average molecular weight is 242 g/mol. The molecule has 1 saturated carbocycles. The maximum Gasteiger partial charge on any atom is 0.224 e. The number of ether oxygens (including phenoxy) is 2. The van der Waals surface area contributed by atoms with Gasteiger partial charge in [0.05, 0.1) is 12.5 Å². The minimum Gasteiger partial charge on any atom is -0.378 e. The molecule has 0 spiro atoms. The van der Waals surface area contributed by atoms with Gasteiger partial charge in [0.1, 0.15) is 5.60 Å². The smallest absolute Gasteiger partial charge is 0.224 e. The van der Waals surface area contributed by atoms with Crippen molar-refractivity contribution in [2.45, 2.75) is 37.3 Å². The second kappa shape index (κ2) is 5.33. The molecule has 2 aliphatic rings. The second-order valence-electron chi connectivity index (χ2n) is 5.11. The Hall–Kier alpha value is -0.650. The Kier molecular flexibility index (Phi) is 4.01. The van der Waals surface area contributed by atoms with Crippen molar-refractivity contribution >= 4 is 5.91 Å². The molecule has 3 N–H and O–H groups in total. The Morgan fingerprint density at radius 1 is 1.59 bits per heavy atom. The van der Waals surface area contributed by atoms with Crippen LogP contribution in [0.4, 0.5) is 0 Å². The van der Waals surface area contributed by atoms with Gasteiger partial charge in [-0.25, -0.2) is 0 Å². The molecule has 1 heterocycles. The van der Waals surface area contributed by atoms with Gasteiger partial charge >= 0.3 is 0 Å². The minimum atomic E-state index is -0.335. The summed E-state index contributed by atoms with van der Waals surface area (Å²) in [7, 11) is 1.67. The van der Waals surface area contributed by atoms with Gasteiger partial charge < -0.3 is 20.5 Å². The molecule has 1 saturated heterocycles. The van der Waals surface area contributed by atoms with Crippen LogP contribution in [0.15, 0.2) is 0 Å². The molecule has 0 radical (unpaired) electrons. The molecule has 1 aliphatic heterocycles. The molecule has 3 unspecified atom stereocenters. The van der Waals surface area contributed by atoms with E-state index >= 15 is 0 Å². The molecule has 0 aromatic heterocycles. The van der Waals surface area contributed by atoms with Crippen LogP contribution >= 0.6 is 0 Å². The molecule has 17 heavy (non-hydrogen) atoms. The molecule has 98 valence electrons. The molecule has 2 fully saturated rings. The van der Waals surface area contributed by atoms with E-state index in [1.54, 1.807) is 7.11 Å². The van der Waals surface area contributed by atoms with Crippen molar-refractivity contribution in [3.05, 3.63) is 0 Å². The highest BCUT2D eigenvalue weighted by molar-refractivity contribution is 5.79. The molecule has 0 bridgehead atoms. The van der Waals surface area contributed by atoms with Crippen molar-refractivity contribution in [1.82, 2.24) is 5.32 Å². The van der Waals surface area contributed by atoms with Crippen LogP contribution in [-0.2, 0) is 14.3 Å². The number of methoxy groups -OCH3 is 1. The fourth-order valence-corrected chi connectivity index (χ4v) is 2.65. The topological polar surface area (TPSA) is 73.6 Å². The van der Waals surface area contributed by atoms with Crippen molar-refractivity contribution in [2.75, 3.05) is 26.9 Å². The Bertz CT molecular complexity index is 277. The van der Waals surface area contributed by atoms with E-state index in [0.717, 1.165) is 25.7 Å². The number of carbonyl (C=O) groups excluding carboxylic acids is 1. The number of carbonyl (C=O) groups is 1. The Labute approximate surface area is 102 Å². The van der Waals surface area contributed by atoms with Crippen LogP contribution in [0.5, 0.6) is 0 Å². The summed E-state index contributed by atoms with van der Waals surface area (Å²) in [6.07, 6.45) is 3.75. The van der Waals surface area contributed by atoms with Gasteiger partial charge in [-0.2, -0.15) is 0 Å². The predicted molar refractivity (Wildman–Crippen MR) is 63.5 cm³/mol. The zero-order valence-electron chi connectivity index (χ0n) is 10.4. The normalized spacial score (nSPS) is 37.3. The number of rotatable bonds is 4. The number of amides is 1. The number of nitrogens with two attached hydrogens (primary N) is 1. The van der Waals surface area contributed by atoms with Crippen molar-refractivity contribution in [2.24, 2.45) is 11.7 Å². The molecular weight excluding hydrogens is 220 g/mol. The molecule has 1 amide bonds. The van der Waals surface area contributed by atoms with E-state index in [9.17, 15) is 4.79 Å². The predicted octanol–water partition coefficient (Wildman–Crippen LogP) is 0.0355. The van der Waals surface area contributed by atoms with Gasteiger partial charge in [-0.1, -0.05) is 6.42 Å². The lowest BCUT2D eigenvalue weighted by Crippen LogP contribution is -2.48. The van der Waals surface area contributed by atoms with Crippen LogP contribution in [0.25, 0.3) is 0 Å². The first-order valence-corrected chi connectivity index (χ1v) is 6.33. The van der Waals surface area contributed by atoms with Crippen molar-refractivity contribution in [3.63, 3.8) is 0 Å². The lowest BCUT2D eigenvalue weighted by atomic mass is 10.0. The Morgan fingerprint density at radius 2 is 2.41 bits per heavy atom. The second-order valence-corrected chi connectivity index (χ2v) is 5.11. The monoisotopic (exact) mass is 242 g/mol. The quantitative estimate of drug-likeness (QED) is 0.730. The summed E-state index contributed by atoms with van der Waals surface area (Å²) >= 11 is 0. The van der Waals surface area contributed by atoms with E-state index in [1.165, 1.54) is 0 Å². The summed E-state index contributed by atoms with van der Waals surface area (Å²) in [5.74, 6) is 0.0459. The lowest BCUT2D eigenvalue weighted by Gasteiger charge is -2.27. The molecule has 5 nitrogen and oxygen atoms in total. The van der Waals surface area contributed by atoms with E-state index < -0.39 is 0 Å². The molecular formula is C12H22N2O3. The van der Waals surface area contributed by atoms with Crippen molar-refractivity contribution < 1.29 is 14.3 Å². The van der Waals surface area contributed by atoms with Crippen LogP contribution in [0.3, 0.4) is 0 Å². The number of hydrogen-bond acceptors (Lipinski definition) is 4. The van der Waals surface area contributed by atoms with Gasteiger partial charge in [0, 0.05) is 32.7 Å². The van der Waals surface area contributed by atoms with Crippen molar-refractivity contribution in [1.29, 1.82) is 0 Å². The first-order chi connectivity index (χ1) is 8.17. The number of nitrogens with one attached hydrogen (secondary N) is 1. The first kappa shape index (κ1) is 12.8. The van der Waals surface area contributed by atoms with Gasteiger partial charge in [0.15, 0.2) is 0 Å². The summed E-state index contributed by atoms with van der Waals surface area (Å²) in [6.45, 7) is 1.78. The minimum absolute atomic E-state index is 0.0216. The molecule has 2 rings (SSSR count). The summed E-state index contributed by atoms with van der Waals surface area (Å²) in [5.41, 5.74) is 5.58. The SMILES string of the molecule is COC1(CNC(=O)C2CCCC2N)CCOC1. The summed E-state index contributed by atoms with van der Waals surface area (Å²) in [6, 6.07) is 0.0216. The fraction of sp³-hybridized carbons (Fsp3) is 0.917. The summed E-state index contributed by atoms with van der Waals surface area (Å²) in [4.78, 5) is 12.0. The molecule has 5 heteroatoms. The van der Waals surface area contributed by atoms with Gasteiger partial charge in [0.2, 0.25) is 5.91 Å². The highest BCUT2D eigenvalue weighted by Crippen LogP contribution is 2.25. The lowest BCUT2D eigenvalue weighted by molar-refractivity contribution is -0.126. The maximum absolute atomic E-state index is 12.0. The highest BCUT2D eigenvalue weighted by atomic mass is 16.5. The van der Waals surface area contributed by atoms with Crippen LogP contribution in [-0.4, -0.2) is 44.4 Å². The number of hydrogen-bond donors (Lipinski definition) is 2. The summed E-state index contributed by atoms with van der Waals surface area (Å²) in [5, 5.41) is 2.96. The van der Waals surface area contributed by atoms with Gasteiger partial charge in [-0.05, 0) is 12.8 Å². The van der Waals surface area contributed by atoms with E-state index in [0.29, 0.717) is 19.8 Å². The van der Waals surface area contributed by atoms with E-state index in [-0.39, 0.29) is 23.5 Å². The molecule has 0 aromatic rings. The van der Waals surface area contributed by atoms with Crippen LogP contribution in [0.1, 0.15) is 25.7 Å². The molecule has 1 aliphatic carbocycles. The van der Waals surface area contributed by atoms with E-state index in [1.807, 2.05) is 0 Å². The molecule has 3 atom stereocenters. The van der Waals surface area contributed by atoms with Gasteiger partial charge in [-0.3, -0.25) is 4.79 Å². The van der Waals surface area contributed by atoms with E-state index in [2.05, 4.69) is 5.32 Å². The Balaban J connectivity index is 1.82. The zero-order chi connectivity index (χ0) is 12.3. The maximum atomic E-state index is 12.0. The van der Waals surface area contributed by atoms with Crippen LogP contribution < -0.4 is 11.1 Å². The summed E-state index contributed by atoms with van der Waals surface area (Å²) < 4.78 is 10.8. The average Bonchev–Trinajstić information content (AvgIpc) is 2.95.